The largest absolute Gasteiger partial charge is 0.444 e. The van der Waals surface area contributed by atoms with Gasteiger partial charge in [-0.2, -0.15) is 13.2 Å². The van der Waals surface area contributed by atoms with Gasteiger partial charge in [0.1, 0.15) is 11.4 Å². The number of aliphatic hydroxyl groups is 1. The second kappa shape index (κ2) is 11.1. The molecule has 2 aromatic rings. The van der Waals surface area contributed by atoms with Crippen LogP contribution in [0.4, 0.5) is 22.4 Å². The molecule has 11 heteroatoms. The summed E-state index contributed by atoms with van der Waals surface area (Å²) < 4.78 is 60.1. The minimum atomic E-state index is -5.15. The smallest absolute Gasteiger partial charge is 0.424 e. The van der Waals surface area contributed by atoms with Gasteiger partial charge in [-0.25, -0.2) is 14.2 Å². The Bertz CT molecular complexity index is 1040. The normalized spacial score (nSPS) is 13.9. The molecule has 0 fully saturated rings. The van der Waals surface area contributed by atoms with E-state index in [1.807, 2.05) is 13.8 Å². The molecular formula is C24H32ClF4N3O3. The maximum Gasteiger partial charge on any atom is 0.424 e. The van der Waals surface area contributed by atoms with E-state index in [-0.39, 0.29) is 21.8 Å². The maximum atomic E-state index is 13.7. The highest BCUT2D eigenvalue weighted by Crippen LogP contribution is 2.40. The van der Waals surface area contributed by atoms with Gasteiger partial charge in [-0.05, 0) is 70.5 Å². The fourth-order valence-corrected chi connectivity index (χ4v) is 3.08. The maximum absolute atomic E-state index is 13.7. The van der Waals surface area contributed by atoms with E-state index in [0.29, 0.717) is 0 Å². The summed E-state index contributed by atoms with van der Waals surface area (Å²) >= 11 is 5.83. The van der Waals surface area contributed by atoms with Gasteiger partial charge >= 0.3 is 12.3 Å². The number of alkyl carbamates (subject to hydrolysis) is 1. The molecule has 2 rings (SSSR count). The Labute approximate surface area is 207 Å². The Kier molecular flexibility index (Phi) is 9.70. The lowest BCUT2D eigenvalue weighted by atomic mass is 9.89. The molecule has 0 saturated carbocycles. The van der Waals surface area contributed by atoms with Crippen LogP contribution in [0, 0.1) is 5.82 Å². The molecule has 0 spiro atoms. The lowest BCUT2D eigenvalue weighted by Crippen LogP contribution is -2.49. The number of pyridine rings is 1. The van der Waals surface area contributed by atoms with Crippen molar-refractivity contribution >= 4 is 17.7 Å². The number of ether oxygens (including phenoxy) is 1. The molecule has 1 aromatic heterocycles. The molecule has 0 radical (unpaired) electrons. The number of benzene rings is 1. The van der Waals surface area contributed by atoms with Crippen molar-refractivity contribution in [1.29, 1.82) is 0 Å². The zero-order valence-electron chi connectivity index (χ0n) is 20.8. The molecule has 0 aliphatic rings. The van der Waals surface area contributed by atoms with Crippen LogP contribution in [0.5, 0.6) is 0 Å². The number of alkyl halides is 3. The Morgan fingerprint density at radius 1 is 1.11 bits per heavy atom. The average molecular weight is 522 g/mol. The van der Waals surface area contributed by atoms with Gasteiger partial charge in [0, 0.05) is 12.1 Å². The molecule has 4 N–H and O–H groups in total. The summed E-state index contributed by atoms with van der Waals surface area (Å²) in [5.41, 5.74) is -0.725. The van der Waals surface area contributed by atoms with E-state index in [2.05, 4.69) is 10.3 Å². The summed E-state index contributed by atoms with van der Waals surface area (Å²) in [5, 5.41) is 12.7. The van der Waals surface area contributed by atoms with Crippen LogP contribution in [0.1, 0.15) is 59.7 Å². The molecule has 1 atom stereocenters. The SMILES string of the molecule is CC.CC(C)(C)OC(=O)NC(C)(C)c1cc(-c2ccc(F)c(Cl)c2)nc(C(O)(CN)C(F)(F)F)c1. The summed E-state index contributed by atoms with van der Waals surface area (Å²) in [7, 11) is 0. The lowest BCUT2D eigenvalue weighted by molar-refractivity contribution is -0.263. The highest BCUT2D eigenvalue weighted by molar-refractivity contribution is 6.31. The number of carbonyl (C=O) groups excluding carboxylic acids is 1. The topological polar surface area (TPSA) is 97.5 Å². The summed E-state index contributed by atoms with van der Waals surface area (Å²) in [6.45, 7) is 10.8. The van der Waals surface area contributed by atoms with E-state index in [1.165, 1.54) is 32.0 Å². The van der Waals surface area contributed by atoms with Crippen LogP contribution in [-0.2, 0) is 15.9 Å². The zero-order chi connectivity index (χ0) is 27.4. The third kappa shape index (κ3) is 7.52. The van der Waals surface area contributed by atoms with Gasteiger partial charge in [0.2, 0.25) is 5.60 Å². The van der Waals surface area contributed by atoms with Gasteiger partial charge in [-0.15, -0.1) is 0 Å². The third-order valence-corrected chi connectivity index (χ3v) is 5.05. The number of amides is 1. The summed E-state index contributed by atoms with van der Waals surface area (Å²) in [4.78, 5) is 16.3. The first-order valence-electron chi connectivity index (χ1n) is 10.9. The second-order valence-electron chi connectivity index (χ2n) is 9.07. The molecule has 1 aromatic carbocycles. The van der Waals surface area contributed by atoms with Crippen LogP contribution in [0.25, 0.3) is 11.3 Å². The van der Waals surface area contributed by atoms with Crippen LogP contribution in [0.2, 0.25) is 5.02 Å². The van der Waals surface area contributed by atoms with Gasteiger partial charge in [-0.1, -0.05) is 25.4 Å². The van der Waals surface area contributed by atoms with Crippen LogP contribution in [0.3, 0.4) is 0 Å². The van der Waals surface area contributed by atoms with Gasteiger partial charge in [0.15, 0.2) is 0 Å². The van der Waals surface area contributed by atoms with E-state index in [9.17, 15) is 27.5 Å². The van der Waals surface area contributed by atoms with Gasteiger partial charge in [0.05, 0.1) is 21.9 Å². The third-order valence-electron chi connectivity index (χ3n) is 4.76. The monoisotopic (exact) mass is 521 g/mol. The summed E-state index contributed by atoms with van der Waals surface area (Å²) in [6.07, 6.45) is -5.95. The van der Waals surface area contributed by atoms with Crippen molar-refractivity contribution in [2.24, 2.45) is 5.73 Å². The lowest BCUT2D eigenvalue weighted by Gasteiger charge is -2.32. The van der Waals surface area contributed by atoms with Gasteiger partial charge in [0.25, 0.3) is 0 Å². The van der Waals surface area contributed by atoms with Crippen LogP contribution in [-0.4, -0.2) is 34.5 Å². The van der Waals surface area contributed by atoms with Crippen molar-refractivity contribution in [2.45, 2.75) is 71.4 Å². The number of nitrogens with one attached hydrogen (secondary N) is 1. The Balaban J connectivity index is 0.00000298. The van der Waals surface area contributed by atoms with E-state index in [1.54, 1.807) is 20.8 Å². The number of aromatic nitrogens is 1. The number of carbonyl (C=O) groups is 1. The number of rotatable bonds is 5. The van der Waals surface area contributed by atoms with Gasteiger partial charge in [-0.3, -0.25) is 0 Å². The van der Waals surface area contributed by atoms with Gasteiger partial charge < -0.3 is 20.9 Å². The molecule has 1 heterocycles. The van der Waals surface area contributed by atoms with Crippen molar-refractivity contribution in [2.75, 3.05) is 6.54 Å². The van der Waals surface area contributed by atoms with E-state index >= 15 is 0 Å². The molecule has 0 aliphatic heterocycles. The second-order valence-corrected chi connectivity index (χ2v) is 9.48. The van der Waals surface area contributed by atoms with E-state index in [0.717, 1.165) is 12.1 Å². The first kappa shape index (κ1) is 30.6. The molecule has 1 amide bonds. The number of halogens is 5. The highest BCUT2D eigenvalue weighted by Gasteiger charge is 2.55. The molecular weight excluding hydrogens is 490 g/mol. The van der Waals surface area contributed by atoms with Crippen LogP contribution in [0.15, 0.2) is 30.3 Å². The van der Waals surface area contributed by atoms with E-state index < -0.39 is 47.1 Å². The van der Waals surface area contributed by atoms with Crippen LogP contribution >= 0.6 is 11.6 Å². The molecule has 0 bridgehead atoms. The number of hydrogen-bond donors (Lipinski definition) is 3. The summed E-state index contributed by atoms with van der Waals surface area (Å²) in [5.74, 6) is -0.725. The van der Waals surface area contributed by atoms with Crippen molar-refractivity contribution in [3.63, 3.8) is 0 Å². The number of nitrogens with zero attached hydrogens (tertiary/aromatic N) is 1. The Morgan fingerprint density at radius 3 is 2.14 bits per heavy atom. The fourth-order valence-electron chi connectivity index (χ4n) is 2.90. The molecule has 0 saturated heterocycles. The quantitative estimate of drug-likeness (QED) is 0.417. The van der Waals surface area contributed by atoms with E-state index in [4.69, 9.17) is 22.1 Å². The van der Waals surface area contributed by atoms with Crippen molar-refractivity contribution in [1.82, 2.24) is 10.3 Å². The molecule has 1 unspecified atom stereocenters. The van der Waals surface area contributed by atoms with Crippen molar-refractivity contribution in [3.8, 4) is 11.3 Å². The summed E-state index contributed by atoms with van der Waals surface area (Å²) in [6, 6.07) is 5.91. The molecule has 196 valence electrons. The molecule has 6 nitrogen and oxygen atoms in total. The van der Waals surface area contributed by atoms with Crippen molar-refractivity contribution in [3.05, 3.63) is 52.4 Å². The first-order chi connectivity index (χ1) is 15.9. The standard InChI is InChI=1S/C22H26ClF4N3O3.C2H6/c1-19(2,3)33-18(31)30-20(4,5)13-9-16(12-6-7-15(24)14(23)8-12)29-17(10-13)21(32,11-28)22(25,26)27;1-2/h6-10,32H,11,28H2,1-5H3,(H,30,31);1-2H3. The van der Waals surface area contributed by atoms with Crippen molar-refractivity contribution < 1.29 is 32.2 Å². The predicted octanol–water partition coefficient (Wildman–Crippen LogP) is 6.04. The minimum Gasteiger partial charge on any atom is -0.444 e. The molecule has 0 aliphatic carbocycles. The van der Waals surface area contributed by atoms with Crippen LogP contribution < -0.4 is 11.1 Å². The highest BCUT2D eigenvalue weighted by atomic mass is 35.5. The number of nitrogens with two attached hydrogens (primary N) is 1. The Morgan fingerprint density at radius 2 is 1.69 bits per heavy atom. The number of hydrogen-bond acceptors (Lipinski definition) is 5. The Hall–Kier alpha value is -2.43. The minimum absolute atomic E-state index is 0.0420. The first-order valence-corrected chi connectivity index (χ1v) is 11.3. The fraction of sp³-hybridized carbons (Fsp3) is 0.500. The molecule has 35 heavy (non-hydrogen) atoms. The zero-order valence-corrected chi connectivity index (χ0v) is 21.5. The predicted molar refractivity (Wildman–Crippen MR) is 127 cm³/mol. The average Bonchev–Trinajstić information content (AvgIpc) is 2.73.